The lowest BCUT2D eigenvalue weighted by Crippen LogP contribution is -2.36. The van der Waals surface area contributed by atoms with Crippen molar-refractivity contribution in [3.05, 3.63) is 0 Å². The van der Waals surface area contributed by atoms with Gasteiger partial charge in [0.15, 0.2) is 5.84 Å². The molecule has 0 spiro atoms. The maximum absolute atomic E-state index is 8.39. The van der Waals surface area contributed by atoms with Gasteiger partial charge in [0, 0.05) is 6.04 Å². The molecular weight excluding hydrogens is 154 g/mol. The highest BCUT2D eigenvalue weighted by atomic mass is 16.4. The van der Waals surface area contributed by atoms with Crippen LogP contribution in [-0.2, 0) is 0 Å². The van der Waals surface area contributed by atoms with Gasteiger partial charge in [-0.2, -0.15) is 0 Å². The molecule has 0 aliphatic heterocycles. The van der Waals surface area contributed by atoms with Gasteiger partial charge in [-0.3, -0.25) is 4.90 Å². The quantitative estimate of drug-likeness (QED) is 0.276. The van der Waals surface area contributed by atoms with Gasteiger partial charge in [0.2, 0.25) is 0 Å². The molecule has 0 heterocycles. The van der Waals surface area contributed by atoms with Crippen LogP contribution in [0.4, 0.5) is 0 Å². The first kappa shape index (κ1) is 9.32. The molecule has 4 nitrogen and oxygen atoms in total. The van der Waals surface area contributed by atoms with Crippen molar-refractivity contribution < 1.29 is 5.21 Å². The smallest absolute Gasteiger partial charge is 0.153 e. The van der Waals surface area contributed by atoms with Crippen LogP contribution >= 0.6 is 0 Å². The van der Waals surface area contributed by atoms with Crippen molar-refractivity contribution in [2.24, 2.45) is 10.9 Å². The lowest BCUT2D eigenvalue weighted by molar-refractivity contribution is 0.284. The molecule has 1 aliphatic rings. The van der Waals surface area contributed by atoms with Gasteiger partial charge in [-0.15, -0.1) is 0 Å². The van der Waals surface area contributed by atoms with E-state index in [0.29, 0.717) is 18.4 Å². The Labute approximate surface area is 73.0 Å². The molecule has 0 aromatic heterocycles. The molecule has 1 fully saturated rings. The maximum atomic E-state index is 8.39. The van der Waals surface area contributed by atoms with Crippen LogP contribution in [0, 0.1) is 0 Å². The summed E-state index contributed by atoms with van der Waals surface area (Å²) in [7, 11) is 0. The molecule has 3 N–H and O–H groups in total. The van der Waals surface area contributed by atoms with E-state index >= 15 is 0 Å². The zero-order valence-corrected chi connectivity index (χ0v) is 7.53. The van der Waals surface area contributed by atoms with E-state index in [1.807, 2.05) is 0 Å². The Balaban J connectivity index is 2.32. The van der Waals surface area contributed by atoms with Crippen molar-refractivity contribution in [2.45, 2.75) is 32.2 Å². The van der Waals surface area contributed by atoms with Crippen LogP contribution in [0.15, 0.2) is 5.16 Å². The lowest BCUT2D eigenvalue weighted by Gasteiger charge is -2.19. The van der Waals surface area contributed by atoms with Crippen LogP contribution in [0.3, 0.4) is 0 Å². The van der Waals surface area contributed by atoms with Gasteiger partial charge < -0.3 is 10.9 Å². The lowest BCUT2D eigenvalue weighted by atomic mass is 10.4. The molecule has 0 bridgehead atoms. The molecule has 1 rings (SSSR count). The number of hydrogen-bond acceptors (Lipinski definition) is 3. The minimum atomic E-state index is 0.315. The molecule has 12 heavy (non-hydrogen) atoms. The van der Waals surface area contributed by atoms with Gasteiger partial charge >= 0.3 is 0 Å². The van der Waals surface area contributed by atoms with Gasteiger partial charge in [0.25, 0.3) is 0 Å². The van der Waals surface area contributed by atoms with Crippen LogP contribution in [-0.4, -0.2) is 35.1 Å². The molecule has 1 saturated carbocycles. The number of rotatable bonds is 5. The first-order valence-electron chi connectivity index (χ1n) is 4.48. The predicted molar refractivity (Wildman–Crippen MR) is 48.3 cm³/mol. The van der Waals surface area contributed by atoms with E-state index < -0.39 is 0 Å². The number of hydrogen-bond donors (Lipinski definition) is 2. The molecule has 0 radical (unpaired) electrons. The second-order valence-electron chi connectivity index (χ2n) is 3.29. The van der Waals surface area contributed by atoms with Crippen LogP contribution in [0.25, 0.3) is 0 Å². The molecule has 0 atom stereocenters. The highest BCUT2D eigenvalue weighted by Gasteiger charge is 2.28. The fourth-order valence-corrected chi connectivity index (χ4v) is 1.36. The van der Waals surface area contributed by atoms with E-state index in [2.05, 4.69) is 17.0 Å². The van der Waals surface area contributed by atoms with Crippen LogP contribution in [0.5, 0.6) is 0 Å². The second kappa shape index (κ2) is 4.30. The van der Waals surface area contributed by atoms with Crippen LogP contribution < -0.4 is 5.73 Å². The summed E-state index contributed by atoms with van der Waals surface area (Å²) in [6, 6.07) is 0.685. The van der Waals surface area contributed by atoms with Crippen molar-refractivity contribution in [3.8, 4) is 0 Å². The minimum Gasteiger partial charge on any atom is -0.409 e. The Hall–Kier alpha value is -0.770. The number of nitrogens with two attached hydrogens (primary N) is 1. The molecule has 0 saturated heterocycles. The third-order valence-corrected chi connectivity index (χ3v) is 2.07. The van der Waals surface area contributed by atoms with E-state index in [-0.39, 0.29) is 0 Å². The van der Waals surface area contributed by atoms with E-state index in [1.165, 1.54) is 12.8 Å². The minimum absolute atomic E-state index is 0.315. The summed E-state index contributed by atoms with van der Waals surface area (Å²) in [4.78, 5) is 2.27. The Morgan fingerprint density at radius 2 is 2.33 bits per heavy atom. The van der Waals surface area contributed by atoms with Gasteiger partial charge in [-0.25, -0.2) is 0 Å². The third kappa shape index (κ3) is 2.70. The van der Waals surface area contributed by atoms with E-state index in [4.69, 9.17) is 10.9 Å². The molecular formula is C8H17N3O. The summed E-state index contributed by atoms with van der Waals surface area (Å²) in [5, 5.41) is 11.4. The fraction of sp³-hybridized carbons (Fsp3) is 0.875. The van der Waals surface area contributed by atoms with Crippen LogP contribution in [0.2, 0.25) is 0 Å². The average molecular weight is 171 g/mol. The highest BCUT2D eigenvalue weighted by molar-refractivity contribution is 5.81. The SMILES string of the molecule is CCCN(C/C(N)=N/O)C1CC1. The zero-order valence-electron chi connectivity index (χ0n) is 7.53. The highest BCUT2D eigenvalue weighted by Crippen LogP contribution is 2.26. The molecule has 0 unspecified atom stereocenters. The molecule has 4 heteroatoms. The third-order valence-electron chi connectivity index (χ3n) is 2.07. The average Bonchev–Trinajstić information content (AvgIpc) is 2.86. The Morgan fingerprint density at radius 3 is 2.75 bits per heavy atom. The Bertz CT molecular complexity index is 166. The van der Waals surface area contributed by atoms with Gasteiger partial charge in [-0.1, -0.05) is 12.1 Å². The van der Waals surface area contributed by atoms with Crippen LogP contribution in [0.1, 0.15) is 26.2 Å². The molecule has 70 valence electrons. The van der Waals surface area contributed by atoms with E-state index in [9.17, 15) is 0 Å². The zero-order chi connectivity index (χ0) is 8.97. The molecule has 0 aromatic carbocycles. The normalized spacial score (nSPS) is 18.7. The summed E-state index contributed by atoms with van der Waals surface area (Å²) in [6.45, 7) is 3.79. The summed E-state index contributed by atoms with van der Waals surface area (Å²) >= 11 is 0. The second-order valence-corrected chi connectivity index (χ2v) is 3.29. The Kier molecular flexibility index (Phi) is 3.34. The fourth-order valence-electron chi connectivity index (χ4n) is 1.36. The maximum Gasteiger partial charge on any atom is 0.153 e. The topological polar surface area (TPSA) is 61.8 Å². The summed E-state index contributed by atoms with van der Waals surface area (Å²) in [6.07, 6.45) is 3.65. The van der Waals surface area contributed by atoms with Crippen molar-refractivity contribution >= 4 is 5.84 Å². The number of nitrogens with zero attached hydrogens (tertiary/aromatic N) is 2. The first-order chi connectivity index (χ1) is 5.77. The largest absolute Gasteiger partial charge is 0.409 e. The van der Waals surface area contributed by atoms with Gasteiger partial charge in [0.05, 0.1) is 6.54 Å². The summed E-state index contributed by atoms with van der Waals surface area (Å²) in [5.74, 6) is 0.315. The summed E-state index contributed by atoms with van der Waals surface area (Å²) in [5.41, 5.74) is 5.43. The molecule has 1 aliphatic carbocycles. The van der Waals surface area contributed by atoms with Crippen molar-refractivity contribution in [2.75, 3.05) is 13.1 Å². The van der Waals surface area contributed by atoms with E-state index in [1.54, 1.807) is 0 Å². The molecule has 0 amide bonds. The standard InChI is InChI=1S/C8H17N3O/c1-2-5-11(7-3-4-7)6-8(9)10-12/h7,12H,2-6H2,1H3,(H2,9,10). The summed E-state index contributed by atoms with van der Waals surface area (Å²) < 4.78 is 0. The van der Waals surface area contributed by atoms with Crippen molar-refractivity contribution in [1.82, 2.24) is 4.90 Å². The van der Waals surface area contributed by atoms with Crippen molar-refractivity contribution in [3.63, 3.8) is 0 Å². The monoisotopic (exact) mass is 171 g/mol. The van der Waals surface area contributed by atoms with Gasteiger partial charge in [0.1, 0.15) is 0 Å². The van der Waals surface area contributed by atoms with Gasteiger partial charge in [-0.05, 0) is 25.8 Å². The number of amidine groups is 1. The predicted octanol–water partition coefficient (Wildman–Crippen LogP) is 0.607. The number of oxime groups is 1. The van der Waals surface area contributed by atoms with Crippen molar-refractivity contribution in [1.29, 1.82) is 0 Å². The first-order valence-corrected chi connectivity index (χ1v) is 4.48. The van der Waals surface area contributed by atoms with E-state index in [0.717, 1.165) is 13.0 Å². The molecule has 0 aromatic rings. The Morgan fingerprint density at radius 1 is 1.67 bits per heavy atom.